The second-order valence-electron chi connectivity index (χ2n) is 4.08. The van der Waals surface area contributed by atoms with Gasteiger partial charge in [0.15, 0.2) is 5.41 Å². The van der Waals surface area contributed by atoms with E-state index in [-0.39, 0.29) is 12.3 Å². The summed E-state index contributed by atoms with van der Waals surface area (Å²) in [6.07, 6.45) is 12.1. The summed E-state index contributed by atoms with van der Waals surface area (Å²) in [4.78, 5) is 0. The van der Waals surface area contributed by atoms with Gasteiger partial charge in [0.05, 0.1) is 12.1 Å². The molecule has 0 N–H and O–H groups in total. The Bertz CT molecular complexity index is 470. The Morgan fingerprint density at radius 2 is 2.24 bits per heavy atom. The highest BCUT2D eigenvalue weighted by Gasteiger charge is 2.38. The van der Waals surface area contributed by atoms with Crippen LogP contribution in [0.1, 0.15) is 25.7 Å². The van der Waals surface area contributed by atoms with Gasteiger partial charge in [-0.15, -0.1) is 18.1 Å². The van der Waals surface area contributed by atoms with Gasteiger partial charge in [0.25, 0.3) is 0 Å². The Labute approximate surface area is 103 Å². The van der Waals surface area contributed by atoms with Crippen LogP contribution >= 0.6 is 0 Å². The van der Waals surface area contributed by atoms with Crippen molar-refractivity contribution < 1.29 is 0 Å². The Hall–Kier alpha value is -2.20. The molecule has 0 aromatic heterocycles. The van der Waals surface area contributed by atoms with Gasteiger partial charge >= 0.3 is 0 Å². The third-order valence-corrected chi connectivity index (χ3v) is 3.04. The van der Waals surface area contributed by atoms with Gasteiger partial charge in [0.1, 0.15) is 0 Å². The van der Waals surface area contributed by atoms with Gasteiger partial charge in [0, 0.05) is 12.3 Å². The van der Waals surface area contributed by atoms with E-state index in [1.165, 1.54) is 0 Å². The fourth-order valence-corrected chi connectivity index (χ4v) is 2.20. The van der Waals surface area contributed by atoms with Crippen LogP contribution in [-0.2, 0) is 0 Å². The summed E-state index contributed by atoms with van der Waals surface area (Å²) >= 11 is 0. The average Bonchev–Trinajstić information content (AvgIpc) is 2.37. The molecule has 0 saturated heterocycles. The SMILES string of the molecule is C#CCC(C#N)(C#N)C1=CCCCC1C=C=C. The summed E-state index contributed by atoms with van der Waals surface area (Å²) in [6, 6.07) is 4.17. The van der Waals surface area contributed by atoms with Crippen LogP contribution in [0.4, 0.5) is 0 Å². The Morgan fingerprint density at radius 1 is 1.53 bits per heavy atom. The molecule has 0 aliphatic heterocycles. The van der Waals surface area contributed by atoms with Gasteiger partial charge in [0.2, 0.25) is 0 Å². The molecule has 1 rings (SSSR count). The van der Waals surface area contributed by atoms with E-state index in [0.29, 0.717) is 0 Å². The van der Waals surface area contributed by atoms with Crippen molar-refractivity contribution in [2.75, 3.05) is 0 Å². The predicted octanol–water partition coefficient (Wildman–Crippen LogP) is 3.11. The first kappa shape index (κ1) is 12.9. The summed E-state index contributed by atoms with van der Waals surface area (Å²) in [7, 11) is 0. The number of rotatable bonds is 3. The fourth-order valence-electron chi connectivity index (χ4n) is 2.20. The molecule has 0 bridgehead atoms. The lowest BCUT2D eigenvalue weighted by atomic mass is 9.70. The van der Waals surface area contributed by atoms with E-state index >= 15 is 0 Å². The highest BCUT2D eigenvalue weighted by atomic mass is 14.4. The van der Waals surface area contributed by atoms with E-state index in [2.05, 4.69) is 30.4 Å². The zero-order valence-electron chi connectivity index (χ0n) is 9.74. The molecule has 0 spiro atoms. The Balaban J connectivity index is 3.23. The van der Waals surface area contributed by atoms with E-state index in [4.69, 9.17) is 6.42 Å². The van der Waals surface area contributed by atoms with Crippen molar-refractivity contribution in [1.82, 2.24) is 0 Å². The van der Waals surface area contributed by atoms with Crippen LogP contribution in [-0.4, -0.2) is 0 Å². The van der Waals surface area contributed by atoms with Crippen LogP contribution in [0.2, 0.25) is 0 Å². The maximum atomic E-state index is 9.29. The van der Waals surface area contributed by atoms with Gasteiger partial charge in [-0.05, 0) is 30.9 Å². The van der Waals surface area contributed by atoms with Crippen LogP contribution in [0.3, 0.4) is 0 Å². The summed E-state index contributed by atoms with van der Waals surface area (Å²) in [5.74, 6) is 2.50. The molecule has 1 atom stereocenters. The number of nitrogens with zero attached hydrogens (tertiary/aromatic N) is 2. The monoisotopic (exact) mass is 222 g/mol. The molecular formula is C15H14N2. The molecule has 0 amide bonds. The van der Waals surface area contributed by atoms with Crippen molar-refractivity contribution in [3.05, 3.63) is 30.0 Å². The summed E-state index contributed by atoms with van der Waals surface area (Å²) in [5.41, 5.74) is 2.38. The minimum absolute atomic E-state index is 0.0638. The van der Waals surface area contributed by atoms with E-state index < -0.39 is 5.41 Å². The smallest absolute Gasteiger partial charge is 0.176 e. The lowest BCUT2D eigenvalue weighted by Gasteiger charge is -2.28. The summed E-state index contributed by atoms with van der Waals surface area (Å²) in [5, 5.41) is 18.6. The molecule has 0 aromatic rings. The molecule has 1 aliphatic rings. The van der Waals surface area contributed by atoms with E-state index in [9.17, 15) is 10.5 Å². The van der Waals surface area contributed by atoms with Gasteiger partial charge < -0.3 is 0 Å². The average molecular weight is 222 g/mol. The van der Waals surface area contributed by atoms with Crippen molar-refractivity contribution in [3.8, 4) is 24.5 Å². The number of hydrogen-bond donors (Lipinski definition) is 0. The number of allylic oxidation sites excluding steroid dienone is 3. The molecule has 0 saturated carbocycles. The molecule has 0 heterocycles. The lowest BCUT2D eigenvalue weighted by Crippen LogP contribution is -2.25. The third kappa shape index (κ3) is 2.49. The summed E-state index contributed by atoms with van der Waals surface area (Å²) in [6.45, 7) is 3.56. The highest BCUT2D eigenvalue weighted by molar-refractivity contribution is 5.39. The molecule has 1 unspecified atom stereocenters. The first-order chi connectivity index (χ1) is 8.24. The molecule has 17 heavy (non-hydrogen) atoms. The van der Waals surface area contributed by atoms with E-state index in [1.54, 1.807) is 0 Å². The molecule has 2 heteroatoms. The number of nitriles is 2. The van der Waals surface area contributed by atoms with Gasteiger partial charge in [-0.25, -0.2) is 0 Å². The lowest BCUT2D eigenvalue weighted by molar-refractivity contribution is 0.493. The first-order valence-electron chi connectivity index (χ1n) is 5.56. The molecule has 2 nitrogen and oxygen atoms in total. The third-order valence-electron chi connectivity index (χ3n) is 3.04. The van der Waals surface area contributed by atoms with Gasteiger partial charge in [-0.1, -0.05) is 12.7 Å². The quantitative estimate of drug-likeness (QED) is 0.418. The van der Waals surface area contributed by atoms with Crippen LogP contribution < -0.4 is 0 Å². The van der Waals surface area contributed by atoms with E-state index in [0.717, 1.165) is 24.8 Å². The maximum absolute atomic E-state index is 9.29. The summed E-state index contributed by atoms with van der Waals surface area (Å²) < 4.78 is 0. The number of hydrogen-bond acceptors (Lipinski definition) is 2. The molecule has 0 fully saturated rings. The topological polar surface area (TPSA) is 47.6 Å². The Morgan fingerprint density at radius 3 is 2.76 bits per heavy atom. The fraction of sp³-hybridized carbons (Fsp3) is 0.400. The standard InChI is InChI=1S/C15H14N2/c1-3-7-13-8-5-6-9-14(13)15(11-16,12-17)10-4-2/h2,7,9,13H,1,5-6,8,10H2. The van der Waals surface area contributed by atoms with Crippen LogP contribution in [0.25, 0.3) is 0 Å². The van der Waals surface area contributed by atoms with Crippen LogP contribution in [0, 0.1) is 46.3 Å². The Kier molecular flexibility index (Phi) is 4.37. The zero-order valence-corrected chi connectivity index (χ0v) is 9.74. The van der Waals surface area contributed by atoms with E-state index in [1.807, 2.05) is 12.2 Å². The second kappa shape index (κ2) is 5.77. The van der Waals surface area contributed by atoms with Crippen molar-refractivity contribution in [2.45, 2.75) is 25.7 Å². The molecule has 0 aromatic carbocycles. The van der Waals surface area contributed by atoms with Crippen molar-refractivity contribution in [1.29, 1.82) is 10.5 Å². The highest BCUT2D eigenvalue weighted by Crippen LogP contribution is 2.40. The molecule has 0 radical (unpaired) electrons. The number of terminal acetylenes is 1. The molecular weight excluding hydrogens is 208 g/mol. The first-order valence-corrected chi connectivity index (χ1v) is 5.56. The molecule has 84 valence electrons. The minimum Gasteiger partial charge on any atom is -0.196 e. The largest absolute Gasteiger partial charge is 0.196 e. The van der Waals surface area contributed by atoms with Gasteiger partial charge in [-0.3, -0.25) is 0 Å². The second-order valence-corrected chi connectivity index (χ2v) is 4.08. The molecule has 1 aliphatic carbocycles. The van der Waals surface area contributed by atoms with Crippen LogP contribution in [0.5, 0.6) is 0 Å². The zero-order chi connectivity index (χ0) is 12.7. The predicted molar refractivity (Wildman–Crippen MR) is 66.2 cm³/mol. The maximum Gasteiger partial charge on any atom is 0.176 e. The van der Waals surface area contributed by atoms with Gasteiger partial charge in [-0.2, -0.15) is 10.5 Å². The van der Waals surface area contributed by atoms with Crippen LogP contribution in [0.15, 0.2) is 30.0 Å². The van der Waals surface area contributed by atoms with Crippen molar-refractivity contribution in [2.24, 2.45) is 11.3 Å². The normalized spacial score (nSPS) is 18.9. The van der Waals surface area contributed by atoms with Crippen molar-refractivity contribution >= 4 is 0 Å². The minimum atomic E-state index is -1.19. The van der Waals surface area contributed by atoms with Crippen molar-refractivity contribution in [3.63, 3.8) is 0 Å².